The fraction of sp³-hybridized carbons (Fsp3) is 0.381. The molecule has 2 amide bonds. The number of amides is 2. The van der Waals surface area contributed by atoms with E-state index in [4.69, 9.17) is 0 Å². The fourth-order valence-corrected chi connectivity index (χ4v) is 3.26. The van der Waals surface area contributed by atoms with E-state index in [1.54, 1.807) is 23.2 Å². The number of aromatic nitrogens is 1. The minimum atomic E-state index is -0.194. The van der Waals surface area contributed by atoms with Crippen LogP contribution in [0.3, 0.4) is 0 Å². The van der Waals surface area contributed by atoms with Crippen LogP contribution in [0.15, 0.2) is 48.7 Å². The summed E-state index contributed by atoms with van der Waals surface area (Å²) in [6.45, 7) is 6.23. The maximum absolute atomic E-state index is 12.9. The Morgan fingerprint density at radius 3 is 2.50 bits per heavy atom. The van der Waals surface area contributed by atoms with Gasteiger partial charge >= 0.3 is 0 Å². The van der Waals surface area contributed by atoms with Gasteiger partial charge in [0, 0.05) is 37.1 Å². The molecule has 0 unspecified atom stereocenters. The van der Waals surface area contributed by atoms with E-state index in [1.165, 1.54) is 0 Å². The van der Waals surface area contributed by atoms with Crippen molar-refractivity contribution in [1.82, 2.24) is 9.88 Å². The number of piperidine rings is 1. The van der Waals surface area contributed by atoms with Crippen molar-refractivity contribution in [3.05, 3.63) is 59.9 Å². The van der Waals surface area contributed by atoms with E-state index in [-0.39, 0.29) is 11.8 Å². The molecule has 3 rings (SSSR count). The van der Waals surface area contributed by atoms with Gasteiger partial charge in [-0.25, -0.2) is 0 Å². The van der Waals surface area contributed by atoms with Crippen LogP contribution >= 0.6 is 0 Å². The Balaban J connectivity index is 1.80. The number of pyridine rings is 1. The van der Waals surface area contributed by atoms with Gasteiger partial charge in [0.2, 0.25) is 0 Å². The number of nitrogens with zero attached hydrogens (tertiary/aromatic N) is 3. The maximum atomic E-state index is 12.9. The van der Waals surface area contributed by atoms with Gasteiger partial charge in [0.25, 0.3) is 11.8 Å². The van der Waals surface area contributed by atoms with Crippen LogP contribution in [0.4, 0.5) is 5.69 Å². The molecule has 0 atom stereocenters. The molecule has 2 aromatic rings. The Hall–Kier alpha value is -2.69. The van der Waals surface area contributed by atoms with Gasteiger partial charge < -0.3 is 9.80 Å². The SMILES string of the molecule is CCN(C(=O)c1cc(C(=O)N2CCC(C)CC2)ccn1)c1ccccc1. The van der Waals surface area contributed by atoms with Crippen LogP contribution < -0.4 is 4.90 Å². The van der Waals surface area contributed by atoms with Crippen molar-refractivity contribution in [3.8, 4) is 0 Å². The van der Waals surface area contributed by atoms with E-state index < -0.39 is 0 Å². The number of carbonyl (C=O) groups excluding carboxylic acids is 2. The van der Waals surface area contributed by atoms with Crippen molar-refractivity contribution >= 4 is 17.5 Å². The summed E-state index contributed by atoms with van der Waals surface area (Å²) in [5.74, 6) is 0.453. The van der Waals surface area contributed by atoms with Gasteiger partial charge in [0.1, 0.15) is 5.69 Å². The molecule has 1 aromatic carbocycles. The molecular weight excluding hydrogens is 326 g/mol. The minimum absolute atomic E-state index is 0.0175. The summed E-state index contributed by atoms with van der Waals surface area (Å²) in [5.41, 5.74) is 1.65. The van der Waals surface area contributed by atoms with Crippen molar-refractivity contribution in [2.45, 2.75) is 26.7 Å². The second kappa shape index (κ2) is 8.13. The Morgan fingerprint density at radius 2 is 1.85 bits per heavy atom. The fourth-order valence-electron chi connectivity index (χ4n) is 3.26. The molecule has 1 aromatic heterocycles. The number of anilines is 1. The second-order valence-electron chi connectivity index (χ2n) is 6.79. The Labute approximate surface area is 154 Å². The first-order valence-electron chi connectivity index (χ1n) is 9.22. The van der Waals surface area contributed by atoms with Crippen molar-refractivity contribution in [1.29, 1.82) is 0 Å². The van der Waals surface area contributed by atoms with Crippen LogP contribution in [-0.2, 0) is 0 Å². The molecule has 0 spiro atoms. The van der Waals surface area contributed by atoms with Crippen molar-refractivity contribution in [3.63, 3.8) is 0 Å². The summed E-state index contributed by atoms with van der Waals surface area (Å²) < 4.78 is 0. The molecule has 1 aliphatic rings. The van der Waals surface area contributed by atoms with Crippen LogP contribution in [0.25, 0.3) is 0 Å². The minimum Gasteiger partial charge on any atom is -0.339 e. The molecule has 1 fully saturated rings. The number of hydrogen-bond acceptors (Lipinski definition) is 3. The standard InChI is InChI=1S/C21H25N3O2/c1-3-24(18-7-5-4-6-8-18)21(26)19-15-17(9-12-22-19)20(25)23-13-10-16(2)11-14-23/h4-9,12,15-16H,3,10-11,13-14H2,1-2H3. The molecule has 26 heavy (non-hydrogen) atoms. The summed E-state index contributed by atoms with van der Waals surface area (Å²) in [6, 6.07) is 12.8. The van der Waals surface area contributed by atoms with Crippen LogP contribution in [0.2, 0.25) is 0 Å². The third kappa shape index (κ3) is 3.93. The highest BCUT2D eigenvalue weighted by Crippen LogP contribution is 2.20. The highest BCUT2D eigenvalue weighted by Gasteiger charge is 2.23. The third-order valence-corrected chi connectivity index (χ3v) is 4.93. The lowest BCUT2D eigenvalue weighted by molar-refractivity contribution is 0.0697. The first kappa shape index (κ1) is 18.1. The smallest absolute Gasteiger partial charge is 0.276 e. The number of para-hydroxylation sites is 1. The normalized spacial score (nSPS) is 14.9. The lowest BCUT2D eigenvalue weighted by atomic mass is 9.98. The predicted molar refractivity (Wildman–Crippen MR) is 102 cm³/mol. The highest BCUT2D eigenvalue weighted by molar-refractivity contribution is 6.06. The zero-order valence-corrected chi connectivity index (χ0v) is 15.4. The first-order valence-corrected chi connectivity index (χ1v) is 9.22. The molecule has 0 aliphatic carbocycles. The van der Waals surface area contributed by atoms with Crippen molar-refractivity contribution < 1.29 is 9.59 Å². The molecule has 5 nitrogen and oxygen atoms in total. The predicted octanol–water partition coefficient (Wildman–Crippen LogP) is 3.62. The van der Waals surface area contributed by atoms with E-state index in [9.17, 15) is 9.59 Å². The Bertz CT molecular complexity index is 768. The van der Waals surface area contributed by atoms with E-state index in [0.717, 1.165) is 31.6 Å². The van der Waals surface area contributed by atoms with Crippen molar-refractivity contribution in [2.24, 2.45) is 5.92 Å². The first-order chi connectivity index (χ1) is 12.6. The van der Waals surface area contributed by atoms with Gasteiger partial charge in [-0.3, -0.25) is 14.6 Å². The number of rotatable bonds is 4. The molecule has 0 N–H and O–H groups in total. The molecule has 1 saturated heterocycles. The van der Waals surface area contributed by atoms with Gasteiger partial charge in [0.05, 0.1) is 0 Å². The number of likely N-dealkylation sites (tertiary alicyclic amines) is 1. The van der Waals surface area contributed by atoms with Gasteiger partial charge in [-0.2, -0.15) is 0 Å². The summed E-state index contributed by atoms with van der Waals surface area (Å²) in [7, 11) is 0. The number of hydrogen-bond donors (Lipinski definition) is 0. The van der Waals surface area contributed by atoms with E-state index in [1.807, 2.05) is 42.2 Å². The number of carbonyl (C=O) groups is 2. The second-order valence-corrected chi connectivity index (χ2v) is 6.79. The monoisotopic (exact) mass is 351 g/mol. The van der Waals surface area contributed by atoms with E-state index in [2.05, 4.69) is 11.9 Å². The average molecular weight is 351 g/mol. The summed E-state index contributed by atoms with van der Waals surface area (Å²) in [4.78, 5) is 33.4. The molecule has 0 saturated carbocycles. The van der Waals surface area contributed by atoms with Gasteiger partial charge in [-0.15, -0.1) is 0 Å². The quantitative estimate of drug-likeness (QED) is 0.845. The summed E-state index contributed by atoms with van der Waals surface area (Å²) >= 11 is 0. The van der Waals surface area contributed by atoms with Crippen molar-refractivity contribution in [2.75, 3.05) is 24.5 Å². The lowest BCUT2D eigenvalue weighted by Gasteiger charge is -2.30. The zero-order valence-electron chi connectivity index (χ0n) is 15.4. The highest BCUT2D eigenvalue weighted by atomic mass is 16.2. The molecule has 2 heterocycles. The summed E-state index contributed by atoms with van der Waals surface area (Å²) in [6.07, 6.45) is 3.60. The largest absolute Gasteiger partial charge is 0.339 e. The number of benzene rings is 1. The molecule has 5 heteroatoms. The molecule has 1 aliphatic heterocycles. The van der Waals surface area contributed by atoms with E-state index in [0.29, 0.717) is 23.7 Å². The van der Waals surface area contributed by atoms with Gasteiger partial charge in [-0.05, 0) is 49.9 Å². The molecule has 136 valence electrons. The lowest BCUT2D eigenvalue weighted by Crippen LogP contribution is -2.38. The third-order valence-electron chi connectivity index (χ3n) is 4.93. The molecular formula is C21H25N3O2. The molecule has 0 bridgehead atoms. The Kier molecular flexibility index (Phi) is 5.66. The van der Waals surface area contributed by atoms with E-state index >= 15 is 0 Å². The zero-order chi connectivity index (χ0) is 18.5. The van der Waals surface area contributed by atoms with Crippen LogP contribution in [0.5, 0.6) is 0 Å². The summed E-state index contributed by atoms with van der Waals surface area (Å²) in [5, 5.41) is 0. The van der Waals surface area contributed by atoms with Gasteiger partial charge in [-0.1, -0.05) is 25.1 Å². The Morgan fingerprint density at radius 1 is 1.15 bits per heavy atom. The van der Waals surface area contributed by atoms with Crippen LogP contribution in [0.1, 0.15) is 47.5 Å². The van der Waals surface area contributed by atoms with Crippen LogP contribution in [0, 0.1) is 5.92 Å². The topological polar surface area (TPSA) is 53.5 Å². The van der Waals surface area contributed by atoms with Gasteiger partial charge in [0.15, 0.2) is 0 Å². The average Bonchev–Trinajstić information content (AvgIpc) is 2.69. The maximum Gasteiger partial charge on any atom is 0.276 e. The molecule has 0 radical (unpaired) electrons. The van der Waals surface area contributed by atoms with Crippen LogP contribution in [-0.4, -0.2) is 41.3 Å².